The highest BCUT2D eigenvalue weighted by Gasteiger charge is 2.28. The molecule has 0 aliphatic carbocycles. The molecule has 1 aliphatic rings. The van der Waals surface area contributed by atoms with Gasteiger partial charge in [0.25, 0.3) is 0 Å². The van der Waals surface area contributed by atoms with Crippen LogP contribution in [-0.4, -0.2) is 38.7 Å². The van der Waals surface area contributed by atoms with E-state index in [1.165, 1.54) is 12.4 Å². The van der Waals surface area contributed by atoms with Crippen LogP contribution in [0.4, 0.5) is 11.6 Å². The van der Waals surface area contributed by atoms with Gasteiger partial charge >= 0.3 is 5.69 Å². The van der Waals surface area contributed by atoms with Gasteiger partial charge in [0, 0.05) is 13.1 Å². The standard InChI is InChI=1S/C10H14N4O3/c1-10(15)2-4-13(5-3-10)9-11-6-8(7-12-9)14(16)17/h6-7,15H,2-5H2,1H3. The first kappa shape index (κ1) is 11.7. The minimum Gasteiger partial charge on any atom is -0.390 e. The predicted molar refractivity (Wildman–Crippen MR) is 60.8 cm³/mol. The number of nitro groups is 1. The van der Waals surface area contributed by atoms with Gasteiger partial charge in [-0.25, -0.2) is 9.97 Å². The molecule has 1 saturated heterocycles. The summed E-state index contributed by atoms with van der Waals surface area (Å²) in [6, 6.07) is 0. The van der Waals surface area contributed by atoms with Gasteiger partial charge in [0.2, 0.25) is 5.95 Å². The Kier molecular flexibility index (Phi) is 2.93. The van der Waals surface area contributed by atoms with Gasteiger partial charge in [-0.15, -0.1) is 0 Å². The van der Waals surface area contributed by atoms with Crippen molar-refractivity contribution in [3.63, 3.8) is 0 Å². The summed E-state index contributed by atoms with van der Waals surface area (Å²) in [5.41, 5.74) is -0.741. The Morgan fingerprint density at radius 2 is 1.94 bits per heavy atom. The normalized spacial score (nSPS) is 19.1. The first-order chi connectivity index (χ1) is 7.98. The van der Waals surface area contributed by atoms with Crippen molar-refractivity contribution in [3.05, 3.63) is 22.5 Å². The van der Waals surface area contributed by atoms with Crippen molar-refractivity contribution < 1.29 is 10.0 Å². The van der Waals surface area contributed by atoms with Crippen molar-refractivity contribution in [2.45, 2.75) is 25.4 Å². The Morgan fingerprint density at radius 1 is 1.41 bits per heavy atom. The van der Waals surface area contributed by atoms with Gasteiger partial charge < -0.3 is 10.0 Å². The largest absolute Gasteiger partial charge is 0.390 e. The molecule has 0 radical (unpaired) electrons. The second kappa shape index (κ2) is 4.25. The SMILES string of the molecule is CC1(O)CCN(c2ncc([N+](=O)[O-])cn2)CC1. The van der Waals surface area contributed by atoms with Gasteiger partial charge in [0.05, 0.1) is 10.5 Å². The third kappa shape index (κ3) is 2.68. The number of hydrogen-bond donors (Lipinski definition) is 1. The molecule has 2 rings (SSSR count). The van der Waals surface area contributed by atoms with Gasteiger partial charge in [-0.2, -0.15) is 0 Å². The first-order valence-electron chi connectivity index (χ1n) is 5.42. The number of anilines is 1. The van der Waals surface area contributed by atoms with Crippen molar-refractivity contribution in [2.75, 3.05) is 18.0 Å². The Morgan fingerprint density at radius 3 is 2.41 bits per heavy atom. The second-order valence-corrected chi connectivity index (χ2v) is 4.48. The van der Waals surface area contributed by atoms with Crippen molar-refractivity contribution in [2.24, 2.45) is 0 Å². The van der Waals surface area contributed by atoms with Crippen LogP contribution >= 0.6 is 0 Å². The molecule has 7 heteroatoms. The van der Waals surface area contributed by atoms with E-state index in [0.717, 1.165) is 0 Å². The van der Waals surface area contributed by atoms with Crippen molar-refractivity contribution in [3.8, 4) is 0 Å². The molecule has 7 nitrogen and oxygen atoms in total. The maximum atomic E-state index is 10.5. The first-order valence-corrected chi connectivity index (χ1v) is 5.42. The Labute approximate surface area is 98.3 Å². The highest BCUT2D eigenvalue weighted by molar-refractivity contribution is 5.34. The fraction of sp³-hybridized carbons (Fsp3) is 0.600. The molecule has 0 amide bonds. The summed E-state index contributed by atoms with van der Waals surface area (Å²) in [4.78, 5) is 19.8. The maximum Gasteiger partial charge on any atom is 0.305 e. The van der Waals surface area contributed by atoms with Gasteiger partial charge in [-0.05, 0) is 19.8 Å². The van der Waals surface area contributed by atoms with E-state index in [4.69, 9.17) is 0 Å². The molecule has 2 heterocycles. The molecule has 0 saturated carbocycles. The van der Waals surface area contributed by atoms with Crippen LogP contribution in [0.5, 0.6) is 0 Å². The maximum absolute atomic E-state index is 10.5. The van der Waals surface area contributed by atoms with Crippen molar-refractivity contribution in [1.29, 1.82) is 0 Å². The van der Waals surface area contributed by atoms with Gasteiger partial charge in [0.15, 0.2) is 0 Å². The van der Waals surface area contributed by atoms with E-state index in [1.54, 1.807) is 6.92 Å². The zero-order valence-corrected chi connectivity index (χ0v) is 9.54. The van der Waals surface area contributed by atoms with Crippen LogP contribution in [0.2, 0.25) is 0 Å². The third-order valence-corrected chi connectivity index (χ3v) is 2.96. The molecule has 0 atom stereocenters. The highest BCUT2D eigenvalue weighted by atomic mass is 16.6. The number of aromatic nitrogens is 2. The number of aliphatic hydroxyl groups is 1. The number of rotatable bonds is 2. The lowest BCUT2D eigenvalue weighted by Crippen LogP contribution is -2.43. The molecule has 0 bridgehead atoms. The zero-order chi connectivity index (χ0) is 12.5. The molecular formula is C10H14N4O3. The minimum absolute atomic E-state index is 0.113. The molecule has 92 valence electrons. The fourth-order valence-corrected chi connectivity index (χ4v) is 1.76. The third-order valence-electron chi connectivity index (χ3n) is 2.96. The smallest absolute Gasteiger partial charge is 0.305 e. The van der Waals surface area contributed by atoms with E-state index in [2.05, 4.69) is 9.97 Å². The van der Waals surface area contributed by atoms with E-state index in [0.29, 0.717) is 31.9 Å². The summed E-state index contributed by atoms with van der Waals surface area (Å²) in [5, 5.41) is 20.3. The molecule has 1 aromatic rings. The van der Waals surface area contributed by atoms with Crippen molar-refractivity contribution >= 4 is 11.6 Å². The van der Waals surface area contributed by atoms with Crippen LogP contribution in [0.15, 0.2) is 12.4 Å². The molecule has 0 aromatic carbocycles. The highest BCUT2D eigenvalue weighted by Crippen LogP contribution is 2.23. The molecule has 1 aliphatic heterocycles. The van der Waals surface area contributed by atoms with Gasteiger partial charge in [-0.3, -0.25) is 10.1 Å². The molecule has 17 heavy (non-hydrogen) atoms. The molecule has 1 fully saturated rings. The van der Waals surface area contributed by atoms with Crippen molar-refractivity contribution in [1.82, 2.24) is 9.97 Å². The summed E-state index contributed by atoms with van der Waals surface area (Å²) in [6.07, 6.45) is 3.70. The molecule has 0 spiro atoms. The molecule has 0 unspecified atom stereocenters. The fourth-order valence-electron chi connectivity index (χ4n) is 1.76. The lowest BCUT2D eigenvalue weighted by Gasteiger charge is -2.35. The summed E-state index contributed by atoms with van der Waals surface area (Å²) < 4.78 is 0. The Balaban J connectivity index is 2.06. The molecule has 1 N–H and O–H groups in total. The van der Waals surface area contributed by atoms with Gasteiger partial charge in [0.1, 0.15) is 12.4 Å². The zero-order valence-electron chi connectivity index (χ0n) is 9.54. The van der Waals surface area contributed by atoms with Crippen LogP contribution in [0.1, 0.15) is 19.8 Å². The Hall–Kier alpha value is -1.76. The molecular weight excluding hydrogens is 224 g/mol. The van der Waals surface area contributed by atoms with Crippen LogP contribution in [0.3, 0.4) is 0 Å². The topological polar surface area (TPSA) is 92.4 Å². The van der Waals surface area contributed by atoms with Gasteiger partial charge in [-0.1, -0.05) is 0 Å². The Bertz CT molecular complexity index is 408. The predicted octanol–water partition coefficient (Wildman–Crippen LogP) is 0.736. The van der Waals surface area contributed by atoms with Crippen LogP contribution in [-0.2, 0) is 0 Å². The number of piperidine rings is 1. The second-order valence-electron chi connectivity index (χ2n) is 4.48. The van der Waals surface area contributed by atoms with E-state index in [-0.39, 0.29) is 5.69 Å². The summed E-state index contributed by atoms with van der Waals surface area (Å²) in [7, 11) is 0. The van der Waals surface area contributed by atoms with E-state index in [9.17, 15) is 15.2 Å². The lowest BCUT2D eigenvalue weighted by molar-refractivity contribution is -0.385. The van der Waals surface area contributed by atoms with Crippen LogP contribution < -0.4 is 4.90 Å². The van der Waals surface area contributed by atoms with E-state index in [1.807, 2.05) is 4.90 Å². The molecule has 1 aromatic heterocycles. The van der Waals surface area contributed by atoms with Crippen LogP contribution in [0.25, 0.3) is 0 Å². The number of nitrogens with zero attached hydrogens (tertiary/aromatic N) is 4. The lowest BCUT2D eigenvalue weighted by atomic mass is 9.94. The average Bonchev–Trinajstić information content (AvgIpc) is 2.29. The summed E-state index contributed by atoms with van der Waals surface area (Å²) in [6.45, 7) is 3.12. The summed E-state index contributed by atoms with van der Waals surface area (Å²) >= 11 is 0. The summed E-state index contributed by atoms with van der Waals surface area (Å²) in [5.74, 6) is 0.478. The number of hydrogen-bond acceptors (Lipinski definition) is 6. The minimum atomic E-state index is -0.628. The van der Waals surface area contributed by atoms with Crippen LogP contribution in [0, 0.1) is 10.1 Å². The monoisotopic (exact) mass is 238 g/mol. The quantitative estimate of drug-likeness (QED) is 0.603. The average molecular weight is 238 g/mol. The van der Waals surface area contributed by atoms with E-state index >= 15 is 0 Å². The van der Waals surface area contributed by atoms with E-state index < -0.39 is 10.5 Å².